The third kappa shape index (κ3) is 3.24. The molecule has 1 aliphatic rings. The fraction of sp³-hybridized carbons (Fsp3) is 0.909. The second kappa shape index (κ2) is 5.41. The van der Waals surface area contributed by atoms with Crippen LogP contribution >= 0.6 is 0 Å². The Bertz CT molecular complexity index is 338. The van der Waals surface area contributed by atoms with Crippen molar-refractivity contribution < 1.29 is 14.6 Å². The van der Waals surface area contributed by atoms with Crippen LogP contribution in [0.1, 0.15) is 34.1 Å². The van der Waals surface area contributed by atoms with Gasteiger partial charge in [0.05, 0.1) is 17.6 Å². The molecule has 0 aromatic rings. The standard InChI is InChI=1S/C11H22N4O3/c1-6-14-8-7-9(10(14)16)18-12-15(17)13(5)11(2,3)4/h9H,6-8H2,1-5H3/b15-12-/t9-/m1/s1. The second-order valence-corrected chi connectivity index (χ2v) is 5.33. The molecule has 1 fully saturated rings. The fourth-order valence-corrected chi connectivity index (χ4v) is 1.53. The number of carbonyl (C=O) groups excluding carboxylic acids is 1. The number of likely N-dealkylation sites (N-methyl/N-ethyl adjacent to an activating group) is 1. The lowest BCUT2D eigenvalue weighted by Crippen LogP contribution is -2.42. The number of hydrogen-bond acceptors (Lipinski definition) is 4. The normalized spacial score (nSPS) is 21.4. The zero-order chi connectivity index (χ0) is 13.9. The lowest BCUT2D eigenvalue weighted by molar-refractivity contribution is -0.720. The maximum Gasteiger partial charge on any atom is 0.266 e. The minimum Gasteiger partial charge on any atom is -0.569 e. The number of hydrazine groups is 1. The lowest BCUT2D eigenvalue weighted by atomic mass is 10.1. The Morgan fingerprint density at radius 3 is 2.67 bits per heavy atom. The summed E-state index contributed by atoms with van der Waals surface area (Å²) in [5, 5.41) is 16.5. The van der Waals surface area contributed by atoms with Gasteiger partial charge in [-0.05, 0) is 27.7 Å². The Balaban J connectivity index is 2.57. The molecule has 1 heterocycles. The molecule has 0 unspecified atom stereocenters. The molecule has 1 rings (SSSR count). The van der Waals surface area contributed by atoms with Crippen LogP contribution in [-0.4, -0.2) is 52.6 Å². The molecule has 0 saturated carbocycles. The topological polar surface area (TPSA) is 71.2 Å². The molecule has 0 aliphatic carbocycles. The van der Waals surface area contributed by atoms with E-state index in [-0.39, 0.29) is 11.4 Å². The van der Waals surface area contributed by atoms with Crippen LogP contribution in [0.4, 0.5) is 0 Å². The van der Waals surface area contributed by atoms with E-state index in [1.807, 2.05) is 27.7 Å². The fourth-order valence-electron chi connectivity index (χ4n) is 1.53. The van der Waals surface area contributed by atoms with Gasteiger partial charge in [0.2, 0.25) is 11.4 Å². The van der Waals surface area contributed by atoms with Gasteiger partial charge in [-0.2, -0.15) is 0 Å². The van der Waals surface area contributed by atoms with Crippen LogP contribution < -0.4 is 0 Å². The molecule has 7 nitrogen and oxygen atoms in total. The first-order valence-corrected chi connectivity index (χ1v) is 6.14. The van der Waals surface area contributed by atoms with Gasteiger partial charge in [0.1, 0.15) is 0 Å². The van der Waals surface area contributed by atoms with Crippen molar-refractivity contribution >= 4 is 5.91 Å². The third-order valence-corrected chi connectivity index (χ3v) is 3.10. The Morgan fingerprint density at radius 1 is 1.61 bits per heavy atom. The van der Waals surface area contributed by atoms with Crippen LogP contribution in [0, 0.1) is 5.21 Å². The van der Waals surface area contributed by atoms with Gasteiger partial charge in [0.15, 0.2) is 0 Å². The van der Waals surface area contributed by atoms with Gasteiger partial charge in [-0.15, -0.1) is 5.01 Å². The predicted octanol–water partition coefficient (Wildman–Crippen LogP) is 1.15. The molecule has 1 amide bonds. The van der Waals surface area contributed by atoms with E-state index < -0.39 is 6.10 Å². The molecule has 1 saturated heterocycles. The summed E-state index contributed by atoms with van der Waals surface area (Å²) in [5.41, 5.74) is -0.357. The average Bonchev–Trinajstić information content (AvgIpc) is 2.64. The number of carbonyl (C=O) groups is 1. The summed E-state index contributed by atoms with van der Waals surface area (Å²) in [6.45, 7) is 8.86. The van der Waals surface area contributed by atoms with Crippen LogP contribution in [0.25, 0.3) is 0 Å². The average molecular weight is 258 g/mol. The van der Waals surface area contributed by atoms with Crippen molar-refractivity contribution in [2.45, 2.75) is 45.8 Å². The highest BCUT2D eigenvalue weighted by Gasteiger charge is 2.34. The summed E-state index contributed by atoms with van der Waals surface area (Å²) in [6.07, 6.45) is -0.0572. The van der Waals surface area contributed by atoms with E-state index in [1.54, 1.807) is 11.9 Å². The molecule has 0 aromatic heterocycles. The first kappa shape index (κ1) is 14.5. The molecule has 1 atom stereocenters. The zero-order valence-corrected chi connectivity index (χ0v) is 11.7. The maximum absolute atomic E-state index is 11.7. The molecule has 104 valence electrons. The van der Waals surface area contributed by atoms with Crippen LogP contribution in [0.3, 0.4) is 0 Å². The first-order chi connectivity index (χ1) is 8.27. The van der Waals surface area contributed by atoms with Crippen molar-refractivity contribution in [3.8, 4) is 0 Å². The maximum atomic E-state index is 11.7. The zero-order valence-electron chi connectivity index (χ0n) is 11.7. The molecule has 18 heavy (non-hydrogen) atoms. The minimum atomic E-state index is -0.630. The Morgan fingerprint density at radius 2 is 2.22 bits per heavy atom. The van der Waals surface area contributed by atoms with E-state index in [0.29, 0.717) is 24.5 Å². The molecule has 0 spiro atoms. The number of hydrogen-bond donors (Lipinski definition) is 0. The van der Waals surface area contributed by atoms with Crippen LogP contribution in [0.5, 0.6) is 0 Å². The largest absolute Gasteiger partial charge is 0.569 e. The monoisotopic (exact) mass is 258 g/mol. The highest BCUT2D eigenvalue weighted by atomic mass is 16.7. The van der Waals surface area contributed by atoms with E-state index in [4.69, 9.17) is 4.84 Å². The summed E-state index contributed by atoms with van der Waals surface area (Å²) in [7, 11) is 1.62. The van der Waals surface area contributed by atoms with Crippen molar-refractivity contribution in [1.82, 2.24) is 9.91 Å². The summed E-state index contributed by atoms with van der Waals surface area (Å²) in [6, 6.07) is 0. The van der Waals surface area contributed by atoms with Gasteiger partial charge in [0, 0.05) is 19.5 Å². The van der Waals surface area contributed by atoms with Gasteiger partial charge in [-0.3, -0.25) is 4.79 Å². The molecule has 7 heteroatoms. The quantitative estimate of drug-likeness (QED) is 0.431. The molecule has 0 bridgehead atoms. The van der Waals surface area contributed by atoms with Crippen molar-refractivity contribution in [3.63, 3.8) is 0 Å². The van der Waals surface area contributed by atoms with E-state index in [0.717, 1.165) is 0 Å². The molecule has 0 N–H and O–H groups in total. The number of amides is 1. The highest BCUT2D eigenvalue weighted by molar-refractivity contribution is 5.82. The third-order valence-electron chi connectivity index (χ3n) is 3.10. The highest BCUT2D eigenvalue weighted by Crippen LogP contribution is 2.15. The predicted molar refractivity (Wildman–Crippen MR) is 65.3 cm³/mol. The molecule has 0 radical (unpaired) electrons. The number of nitrogens with zero attached hydrogens (tertiary/aromatic N) is 4. The number of likely N-dealkylation sites (tertiary alicyclic amines) is 1. The van der Waals surface area contributed by atoms with Crippen molar-refractivity contribution in [1.29, 1.82) is 0 Å². The summed E-state index contributed by atoms with van der Waals surface area (Å²) >= 11 is 0. The lowest BCUT2D eigenvalue weighted by Gasteiger charge is -2.26. The van der Waals surface area contributed by atoms with E-state index in [2.05, 4.69) is 5.28 Å². The Kier molecular flexibility index (Phi) is 4.37. The number of rotatable bonds is 4. The summed E-state index contributed by atoms with van der Waals surface area (Å²) in [5.74, 6) is -0.104. The van der Waals surface area contributed by atoms with Gasteiger partial charge < -0.3 is 14.9 Å². The second-order valence-electron chi connectivity index (χ2n) is 5.33. The molecule has 0 aromatic carbocycles. The Labute approximate surface area is 108 Å². The summed E-state index contributed by atoms with van der Waals surface area (Å²) in [4.78, 5) is 18.8. The van der Waals surface area contributed by atoms with Gasteiger partial charge in [0.25, 0.3) is 5.91 Å². The Hall–Kier alpha value is -1.53. The SMILES string of the molecule is CCN1CC[C@@H](O/N=[N+](\[O-])N(C)C(C)(C)C)C1=O. The first-order valence-electron chi connectivity index (χ1n) is 6.14. The summed E-state index contributed by atoms with van der Waals surface area (Å²) < 4.78 is 0. The van der Waals surface area contributed by atoms with Crippen LogP contribution in [0.2, 0.25) is 0 Å². The van der Waals surface area contributed by atoms with E-state index >= 15 is 0 Å². The molecule has 1 aliphatic heterocycles. The van der Waals surface area contributed by atoms with Gasteiger partial charge in [-0.25, -0.2) is 0 Å². The van der Waals surface area contributed by atoms with Crippen molar-refractivity contribution in [2.75, 3.05) is 20.1 Å². The van der Waals surface area contributed by atoms with Gasteiger partial charge >= 0.3 is 0 Å². The van der Waals surface area contributed by atoms with Crippen LogP contribution in [-0.2, 0) is 9.63 Å². The smallest absolute Gasteiger partial charge is 0.266 e. The van der Waals surface area contributed by atoms with E-state index in [1.165, 1.54) is 5.01 Å². The minimum absolute atomic E-state index is 0.104. The van der Waals surface area contributed by atoms with Gasteiger partial charge in [-0.1, -0.05) is 0 Å². The molecular weight excluding hydrogens is 236 g/mol. The van der Waals surface area contributed by atoms with Crippen molar-refractivity contribution in [2.24, 2.45) is 5.28 Å². The van der Waals surface area contributed by atoms with Crippen LogP contribution in [0.15, 0.2) is 5.28 Å². The van der Waals surface area contributed by atoms with Crippen molar-refractivity contribution in [3.05, 3.63) is 5.21 Å². The van der Waals surface area contributed by atoms with E-state index in [9.17, 15) is 10.0 Å². The molecular formula is C11H22N4O3.